The number of rotatable bonds is 6. The molecule has 0 spiro atoms. The van der Waals surface area contributed by atoms with Crippen molar-refractivity contribution in [1.82, 2.24) is 19.7 Å². The maximum Gasteiger partial charge on any atom is 0.273 e. The number of hydrogen-bond donors (Lipinski definition) is 0. The zero-order valence-corrected chi connectivity index (χ0v) is 16.2. The van der Waals surface area contributed by atoms with Gasteiger partial charge < -0.3 is 14.5 Å². The Morgan fingerprint density at radius 3 is 2.85 bits per heavy atom. The van der Waals surface area contributed by atoms with Gasteiger partial charge in [-0.2, -0.15) is 0 Å². The zero-order chi connectivity index (χ0) is 18.4. The molecule has 1 aromatic rings. The third-order valence-corrected chi connectivity index (χ3v) is 5.74. The van der Waals surface area contributed by atoms with Crippen molar-refractivity contribution in [2.45, 2.75) is 32.2 Å². The van der Waals surface area contributed by atoms with Crippen LogP contribution in [0.25, 0.3) is 0 Å². The van der Waals surface area contributed by atoms with Gasteiger partial charge in [-0.3, -0.25) is 14.5 Å². The van der Waals surface area contributed by atoms with Crippen LogP contribution in [0.2, 0.25) is 0 Å². The minimum Gasteiger partial charge on any atom is -0.379 e. The number of amides is 2. The maximum atomic E-state index is 12.6. The third-order valence-electron chi connectivity index (χ3n) is 5.16. The lowest BCUT2D eigenvalue weighted by molar-refractivity contribution is -0.132. The minimum atomic E-state index is -0.0206. The zero-order valence-electron chi connectivity index (χ0n) is 15.4. The van der Waals surface area contributed by atoms with E-state index in [1.54, 1.807) is 17.8 Å². The predicted molar refractivity (Wildman–Crippen MR) is 100 cm³/mol. The summed E-state index contributed by atoms with van der Waals surface area (Å²) in [5.41, 5.74) is 2.19. The molecule has 2 aliphatic heterocycles. The van der Waals surface area contributed by atoms with Crippen LogP contribution in [0.3, 0.4) is 0 Å². The highest BCUT2D eigenvalue weighted by atomic mass is 32.1. The quantitative estimate of drug-likeness (QED) is 0.745. The molecule has 2 fully saturated rings. The second kappa shape index (κ2) is 9.43. The SMILES string of the molecule is CC(=O)N(CCCN1CCOCC1)C1CCCN(C(=O)c2cscn2)C1. The van der Waals surface area contributed by atoms with Crippen molar-refractivity contribution >= 4 is 23.2 Å². The van der Waals surface area contributed by atoms with Crippen LogP contribution in [0, 0.1) is 0 Å². The highest BCUT2D eigenvalue weighted by Crippen LogP contribution is 2.19. The van der Waals surface area contributed by atoms with E-state index >= 15 is 0 Å². The number of carbonyl (C=O) groups is 2. The Labute approximate surface area is 158 Å². The lowest BCUT2D eigenvalue weighted by Gasteiger charge is -2.39. The van der Waals surface area contributed by atoms with Crippen LogP contribution < -0.4 is 0 Å². The Morgan fingerprint density at radius 2 is 2.15 bits per heavy atom. The number of piperidine rings is 1. The lowest BCUT2D eigenvalue weighted by Crippen LogP contribution is -2.52. The first kappa shape index (κ1) is 19.3. The molecule has 1 aromatic heterocycles. The number of aromatic nitrogens is 1. The fraction of sp³-hybridized carbons (Fsp3) is 0.722. The second-order valence-corrected chi connectivity index (χ2v) is 7.66. The fourth-order valence-corrected chi connectivity index (χ4v) is 4.29. The van der Waals surface area contributed by atoms with Gasteiger partial charge in [0.1, 0.15) is 5.69 Å². The number of thiazole rings is 1. The molecule has 0 N–H and O–H groups in total. The van der Waals surface area contributed by atoms with Crippen LogP contribution >= 0.6 is 11.3 Å². The first-order valence-corrected chi connectivity index (χ1v) is 10.3. The van der Waals surface area contributed by atoms with Crippen LogP contribution in [-0.2, 0) is 9.53 Å². The molecule has 0 aromatic carbocycles. The molecule has 1 atom stereocenters. The Kier molecular flexibility index (Phi) is 6.99. The minimum absolute atomic E-state index is 0.0206. The van der Waals surface area contributed by atoms with Crippen LogP contribution in [0.15, 0.2) is 10.9 Å². The van der Waals surface area contributed by atoms with Crippen molar-refractivity contribution in [1.29, 1.82) is 0 Å². The van der Waals surface area contributed by atoms with Gasteiger partial charge >= 0.3 is 0 Å². The Hall–Kier alpha value is -1.51. The highest BCUT2D eigenvalue weighted by Gasteiger charge is 2.30. The third kappa shape index (κ3) is 5.02. The average Bonchev–Trinajstić information content (AvgIpc) is 3.20. The van der Waals surface area contributed by atoms with Crippen LogP contribution in [-0.4, -0.2) is 90.0 Å². The topological polar surface area (TPSA) is 66.0 Å². The van der Waals surface area contributed by atoms with Crippen molar-refractivity contribution in [3.05, 3.63) is 16.6 Å². The summed E-state index contributed by atoms with van der Waals surface area (Å²) in [6, 6.07) is 0.105. The lowest BCUT2D eigenvalue weighted by atomic mass is 10.0. The summed E-state index contributed by atoms with van der Waals surface area (Å²) in [6.07, 6.45) is 2.84. The standard InChI is InChI=1S/C18H28N4O3S/c1-15(23)22(7-3-5-20-8-10-25-11-9-20)16-4-2-6-21(12-16)18(24)17-13-26-14-19-17/h13-14,16H,2-12H2,1H3. The van der Waals surface area contributed by atoms with Crippen LogP contribution in [0.1, 0.15) is 36.7 Å². The Bertz CT molecular complexity index is 589. The van der Waals surface area contributed by atoms with Crippen LogP contribution in [0.5, 0.6) is 0 Å². The molecule has 144 valence electrons. The van der Waals surface area contributed by atoms with Gasteiger partial charge in [-0.1, -0.05) is 0 Å². The first-order valence-electron chi connectivity index (χ1n) is 9.40. The van der Waals surface area contributed by atoms with E-state index < -0.39 is 0 Å². The van der Waals surface area contributed by atoms with Gasteiger partial charge in [0.15, 0.2) is 0 Å². The van der Waals surface area contributed by atoms with Gasteiger partial charge in [0.2, 0.25) is 5.91 Å². The first-order chi connectivity index (χ1) is 12.6. The molecule has 0 aliphatic carbocycles. The number of morpholine rings is 1. The Morgan fingerprint density at radius 1 is 1.35 bits per heavy atom. The molecule has 2 saturated heterocycles. The number of likely N-dealkylation sites (tertiary alicyclic amines) is 1. The van der Waals surface area contributed by atoms with E-state index in [-0.39, 0.29) is 17.9 Å². The van der Waals surface area contributed by atoms with Gasteiger partial charge in [-0.15, -0.1) is 11.3 Å². The molecule has 7 nitrogen and oxygen atoms in total. The van der Waals surface area contributed by atoms with E-state index in [2.05, 4.69) is 9.88 Å². The number of hydrogen-bond acceptors (Lipinski definition) is 6. The molecule has 26 heavy (non-hydrogen) atoms. The van der Waals surface area contributed by atoms with E-state index in [9.17, 15) is 9.59 Å². The van der Waals surface area contributed by atoms with E-state index in [1.807, 2.05) is 9.80 Å². The monoisotopic (exact) mass is 380 g/mol. The van der Waals surface area contributed by atoms with Gasteiger partial charge in [-0.05, 0) is 19.3 Å². The molecule has 3 rings (SSSR count). The van der Waals surface area contributed by atoms with Crippen molar-refractivity contribution < 1.29 is 14.3 Å². The van der Waals surface area contributed by atoms with E-state index in [0.29, 0.717) is 12.2 Å². The molecule has 2 aliphatic rings. The molecule has 8 heteroatoms. The van der Waals surface area contributed by atoms with Crippen molar-refractivity contribution in [3.63, 3.8) is 0 Å². The van der Waals surface area contributed by atoms with Gasteiger partial charge in [0.05, 0.1) is 18.7 Å². The van der Waals surface area contributed by atoms with Crippen molar-refractivity contribution in [2.75, 3.05) is 52.5 Å². The number of ether oxygens (including phenoxy) is 1. The molecule has 0 saturated carbocycles. The molecule has 1 unspecified atom stereocenters. The molecular formula is C18H28N4O3S. The van der Waals surface area contributed by atoms with Crippen LogP contribution in [0.4, 0.5) is 0 Å². The summed E-state index contributed by atoms with van der Waals surface area (Å²) in [6.45, 7) is 8.26. The number of carbonyl (C=O) groups excluding carboxylic acids is 2. The highest BCUT2D eigenvalue weighted by molar-refractivity contribution is 7.07. The molecule has 2 amide bonds. The smallest absolute Gasteiger partial charge is 0.273 e. The second-order valence-electron chi connectivity index (χ2n) is 6.94. The summed E-state index contributed by atoms with van der Waals surface area (Å²) >= 11 is 1.43. The molecule has 3 heterocycles. The average molecular weight is 381 g/mol. The molecule has 0 radical (unpaired) electrons. The summed E-state index contributed by atoms with van der Waals surface area (Å²) in [5, 5.41) is 1.79. The van der Waals surface area contributed by atoms with Crippen molar-refractivity contribution in [3.8, 4) is 0 Å². The largest absolute Gasteiger partial charge is 0.379 e. The van der Waals surface area contributed by atoms with Gasteiger partial charge in [0, 0.05) is 57.6 Å². The summed E-state index contributed by atoms with van der Waals surface area (Å²) < 4.78 is 5.38. The van der Waals surface area contributed by atoms with Gasteiger partial charge in [-0.25, -0.2) is 4.98 Å². The van der Waals surface area contributed by atoms with E-state index in [4.69, 9.17) is 4.74 Å². The summed E-state index contributed by atoms with van der Waals surface area (Å²) in [4.78, 5) is 35.1. The van der Waals surface area contributed by atoms with E-state index in [1.165, 1.54) is 11.3 Å². The Balaban J connectivity index is 1.53. The maximum absolute atomic E-state index is 12.6. The normalized spacial score (nSPS) is 21.6. The summed E-state index contributed by atoms with van der Waals surface area (Å²) in [7, 11) is 0. The summed E-state index contributed by atoms with van der Waals surface area (Å²) in [5.74, 6) is 0.0766. The number of nitrogens with zero attached hydrogens (tertiary/aromatic N) is 4. The van der Waals surface area contributed by atoms with Crippen molar-refractivity contribution in [2.24, 2.45) is 0 Å². The molecule has 0 bridgehead atoms. The predicted octanol–water partition coefficient (Wildman–Crippen LogP) is 1.32. The fourth-order valence-electron chi connectivity index (χ4n) is 3.76. The van der Waals surface area contributed by atoms with Gasteiger partial charge in [0.25, 0.3) is 5.91 Å². The molecular weight excluding hydrogens is 352 g/mol. The van der Waals surface area contributed by atoms with E-state index in [0.717, 1.165) is 65.2 Å².